The molecular weight excluding hydrogens is 420 g/mol. The zero-order chi connectivity index (χ0) is 23.4. The molecule has 1 aliphatic rings. The van der Waals surface area contributed by atoms with Gasteiger partial charge < -0.3 is 14.4 Å². The van der Waals surface area contributed by atoms with Crippen molar-refractivity contribution in [2.24, 2.45) is 0 Å². The number of amides is 2. The van der Waals surface area contributed by atoms with Crippen molar-refractivity contribution in [2.75, 3.05) is 20.1 Å². The number of carbonyl (C=O) groups excluding carboxylic acids is 2. The molecule has 4 rings (SSSR count). The zero-order valence-corrected chi connectivity index (χ0v) is 18.4. The van der Waals surface area contributed by atoms with E-state index in [-0.39, 0.29) is 24.8 Å². The Labute approximate surface area is 191 Å². The zero-order valence-electron chi connectivity index (χ0n) is 18.4. The van der Waals surface area contributed by atoms with Gasteiger partial charge in [0.15, 0.2) is 0 Å². The summed E-state index contributed by atoms with van der Waals surface area (Å²) < 4.78 is 1.29. The molecule has 0 aliphatic carbocycles. The minimum atomic E-state index is -0.602. The first-order valence-corrected chi connectivity index (χ1v) is 10.9. The quantitative estimate of drug-likeness (QED) is 0.621. The molecule has 2 aromatic carbocycles. The fourth-order valence-corrected chi connectivity index (χ4v) is 4.12. The number of carbonyl (C=O) groups is 2. The highest BCUT2D eigenvalue weighted by Crippen LogP contribution is 2.23. The number of H-pyrrole nitrogens is 1. The summed E-state index contributed by atoms with van der Waals surface area (Å²) in [5.74, 6) is -0.292. The van der Waals surface area contributed by atoms with E-state index >= 15 is 0 Å². The lowest BCUT2D eigenvalue weighted by Gasteiger charge is -2.39. The molecule has 8 heteroatoms. The summed E-state index contributed by atoms with van der Waals surface area (Å²) in [6.07, 6.45) is 1.84. The molecule has 2 amide bonds. The first-order chi connectivity index (χ1) is 15.9. The number of nitrogens with one attached hydrogen (secondary N) is 1. The summed E-state index contributed by atoms with van der Waals surface area (Å²) in [4.78, 5) is 54.7. The minimum absolute atomic E-state index is 0.0590. The first kappa shape index (κ1) is 22.3. The van der Waals surface area contributed by atoms with Gasteiger partial charge in [0.1, 0.15) is 6.04 Å². The second-order valence-corrected chi connectivity index (χ2v) is 8.19. The normalized spacial score (nSPS) is 16.2. The number of likely N-dealkylation sites (N-methyl/N-ethyl adjacent to an activating group) is 1. The van der Waals surface area contributed by atoms with E-state index in [2.05, 4.69) is 11.1 Å². The van der Waals surface area contributed by atoms with Crippen LogP contribution in [0.15, 0.2) is 76.4 Å². The Morgan fingerprint density at radius 1 is 0.970 bits per heavy atom. The molecule has 33 heavy (non-hydrogen) atoms. The van der Waals surface area contributed by atoms with Crippen molar-refractivity contribution in [3.63, 3.8) is 0 Å². The maximum atomic E-state index is 13.1. The van der Waals surface area contributed by atoms with Crippen molar-refractivity contribution in [1.82, 2.24) is 19.4 Å². The largest absolute Gasteiger partial charge is 0.342 e. The van der Waals surface area contributed by atoms with Crippen LogP contribution in [0.3, 0.4) is 0 Å². The third-order valence-electron chi connectivity index (χ3n) is 5.96. The van der Waals surface area contributed by atoms with Crippen molar-refractivity contribution in [3.8, 4) is 11.1 Å². The fraction of sp³-hybridized carbons (Fsp3) is 0.280. The first-order valence-electron chi connectivity index (χ1n) is 10.9. The van der Waals surface area contributed by atoms with Crippen LogP contribution in [0.5, 0.6) is 0 Å². The molecule has 0 bridgehead atoms. The number of rotatable bonds is 6. The number of aromatic amines is 1. The Morgan fingerprint density at radius 2 is 1.73 bits per heavy atom. The van der Waals surface area contributed by atoms with Crippen LogP contribution in [0.25, 0.3) is 11.1 Å². The van der Waals surface area contributed by atoms with Crippen molar-refractivity contribution < 1.29 is 9.59 Å². The van der Waals surface area contributed by atoms with Crippen molar-refractivity contribution in [2.45, 2.75) is 25.4 Å². The predicted molar refractivity (Wildman–Crippen MR) is 125 cm³/mol. The van der Waals surface area contributed by atoms with E-state index in [1.54, 1.807) is 16.8 Å². The molecular formula is C25H26N4O4. The standard InChI is InChI=1S/C25H26N4O4/c1-27-14-15-29(23(31)11-13-28-12-10-22(30)26-25(28)33)21(24(27)32)17-18-6-5-9-20(16-18)19-7-3-2-4-8-19/h2-10,12,16,21H,11,13-15,17H2,1H3,(H,26,30,33)/t21-/m1/s1. The van der Waals surface area contributed by atoms with Crippen LogP contribution in [0.4, 0.5) is 0 Å². The van der Waals surface area contributed by atoms with E-state index < -0.39 is 17.3 Å². The molecule has 1 fully saturated rings. The van der Waals surface area contributed by atoms with Gasteiger partial charge in [-0.3, -0.25) is 19.4 Å². The smallest absolute Gasteiger partial charge is 0.328 e. The predicted octanol–water partition coefficient (Wildman–Crippen LogP) is 1.51. The molecule has 0 spiro atoms. The topological polar surface area (TPSA) is 95.5 Å². The Balaban J connectivity index is 1.52. The summed E-state index contributed by atoms with van der Waals surface area (Å²) in [6.45, 7) is 1.03. The Hall–Kier alpha value is -3.94. The summed E-state index contributed by atoms with van der Waals surface area (Å²) in [5.41, 5.74) is 2.08. The van der Waals surface area contributed by atoms with Gasteiger partial charge in [-0.1, -0.05) is 54.6 Å². The van der Waals surface area contributed by atoms with Gasteiger partial charge >= 0.3 is 5.69 Å². The van der Waals surface area contributed by atoms with Crippen LogP contribution in [-0.4, -0.2) is 57.3 Å². The van der Waals surface area contributed by atoms with Gasteiger partial charge in [-0.05, 0) is 16.7 Å². The Kier molecular flexibility index (Phi) is 6.53. The highest BCUT2D eigenvalue weighted by atomic mass is 16.2. The molecule has 1 N–H and O–H groups in total. The Morgan fingerprint density at radius 3 is 2.48 bits per heavy atom. The highest BCUT2D eigenvalue weighted by Gasteiger charge is 2.35. The molecule has 2 heterocycles. The molecule has 8 nitrogen and oxygen atoms in total. The maximum Gasteiger partial charge on any atom is 0.328 e. The Bertz CT molecular complexity index is 1260. The monoisotopic (exact) mass is 446 g/mol. The molecule has 3 aromatic rings. The van der Waals surface area contributed by atoms with E-state index in [9.17, 15) is 19.2 Å². The van der Waals surface area contributed by atoms with Crippen molar-refractivity contribution in [3.05, 3.63) is 93.3 Å². The number of aromatic nitrogens is 2. The van der Waals surface area contributed by atoms with Gasteiger partial charge in [-0.25, -0.2) is 4.79 Å². The SMILES string of the molecule is CN1CCN(C(=O)CCn2ccc(=O)[nH]c2=O)[C@H](Cc2cccc(-c3ccccc3)c2)C1=O. The van der Waals surface area contributed by atoms with E-state index in [4.69, 9.17) is 0 Å². The lowest BCUT2D eigenvalue weighted by Crippen LogP contribution is -2.58. The number of hydrogen-bond acceptors (Lipinski definition) is 4. The van der Waals surface area contributed by atoms with E-state index in [1.165, 1.54) is 16.8 Å². The van der Waals surface area contributed by atoms with Crippen LogP contribution in [-0.2, 0) is 22.6 Å². The summed E-state index contributed by atoms with van der Waals surface area (Å²) in [7, 11) is 1.75. The van der Waals surface area contributed by atoms with Gasteiger partial charge in [0.05, 0.1) is 0 Å². The average Bonchev–Trinajstić information content (AvgIpc) is 2.82. The van der Waals surface area contributed by atoms with Gasteiger partial charge in [0.25, 0.3) is 5.56 Å². The summed E-state index contributed by atoms with van der Waals surface area (Å²) in [6, 6.07) is 18.7. The summed E-state index contributed by atoms with van der Waals surface area (Å²) >= 11 is 0. The van der Waals surface area contributed by atoms with E-state index in [0.717, 1.165) is 16.7 Å². The second kappa shape index (κ2) is 9.68. The maximum absolute atomic E-state index is 13.1. The average molecular weight is 447 g/mol. The van der Waals surface area contributed by atoms with Crippen LogP contribution in [0, 0.1) is 0 Å². The van der Waals surface area contributed by atoms with Gasteiger partial charge in [0.2, 0.25) is 11.8 Å². The van der Waals surface area contributed by atoms with Crippen LogP contribution in [0.1, 0.15) is 12.0 Å². The van der Waals surface area contributed by atoms with Gasteiger partial charge in [0, 0.05) is 51.8 Å². The minimum Gasteiger partial charge on any atom is -0.342 e. The molecule has 170 valence electrons. The number of hydrogen-bond donors (Lipinski definition) is 1. The van der Waals surface area contributed by atoms with Gasteiger partial charge in [-0.2, -0.15) is 0 Å². The van der Waals surface area contributed by atoms with E-state index in [0.29, 0.717) is 19.5 Å². The molecule has 1 aromatic heterocycles. The van der Waals surface area contributed by atoms with E-state index in [1.807, 2.05) is 48.5 Å². The molecule has 1 saturated heterocycles. The molecule has 0 saturated carbocycles. The third kappa shape index (κ3) is 5.11. The number of benzene rings is 2. The number of nitrogens with zero attached hydrogens (tertiary/aromatic N) is 3. The van der Waals surface area contributed by atoms with Crippen LogP contribution < -0.4 is 11.2 Å². The highest BCUT2D eigenvalue weighted by molar-refractivity contribution is 5.89. The van der Waals surface area contributed by atoms with Crippen molar-refractivity contribution >= 4 is 11.8 Å². The molecule has 1 atom stereocenters. The molecule has 0 unspecified atom stereocenters. The van der Waals surface area contributed by atoms with Crippen molar-refractivity contribution in [1.29, 1.82) is 0 Å². The lowest BCUT2D eigenvalue weighted by molar-refractivity contribution is -0.150. The number of aryl methyl sites for hydroxylation is 1. The van der Waals surface area contributed by atoms with Gasteiger partial charge in [-0.15, -0.1) is 0 Å². The molecule has 1 aliphatic heterocycles. The lowest BCUT2D eigenvalue weighted by atomic mass is 9.97. The molecule has 0 radical (unpaired) electrons. The van der Waals surface area contributed by atoms with Crippen LogP contribution >= 0.6 is 0 Å². The second-order valence-electron chi connectivity index (χ2n) is 8.19. The summed E-state index contributed by atoms with van der Waals surface area (Å²) in [5, 5.41) is 0. The third-order valence-corrected chi connectivity index (χ3v) is 5.96. The fourth-order valence-electron chi connectivity index (χ4n) is 4.12. The number of piperazine rings is 1. The van der Waals surface area contributed by atoms with Crippen LogP contribution in [0.2, 0.25) is 0 Å².